The minimum absolute atomic E-state index is 0.750. The normalized spacial score (nSPS) is 23.1. The molecule has 1 aliphatic rings. The molecule has 1 aliphatic carbocycles. The first-order chi connectivity index (χ1) is 9.06. The molecule has 0 bridgehead atoms. The van der Waals surface area contributed by atoms with Crippen LogP contribution in [-0.2, 0) is 6.54 Å². The molecule has 0 aromatic carbocycles. The van der Waals surface area contributed by atoms with Crippen molar-refractivity contribution >= 4 is 27.3 Å². The van der Waals surface area contributed by atoms with Crippen LogP contribution in [0.5, 0.6) is 0 Å². The van der Waals surface area contributed by atoms with Crippen LogP contribution in [0.3, 0.4) is 0 Å². The second-order valence-corrected chi connectivity index (χ2v) is 8.01. The SMILES string of the molecule is CC(C)CNCC1CCC1N(C)Cc1cc(Br)cs1. The van der Waals surface area contributed by atoms with Gasteiger partial charge in [-0.1, -0.05) is 13.8 Å². The van der Waals surface area contributed by atoms with Crippen LogP contribution < -0.4 is 5.32 Å². The predicted octanol–water partition coefficient (Wildman–Crippen LogP) is 3.97. The highest BCUT2D eigenvalue weighted by Crippen LogP contribution is 2.32. The molecule has 1 aromatic rings. The molecule has 1 N–H and O–H groups in total. The second kappa shape index (κ2) is 7.21. The largest absolute Gasteiger partial charge is 0.316 e. The number of nitrogens with zero attached hydrogens (tertiary/aromatic N) is 1. The molecule has 108 valence electrons. The van der Waals surface area contributed by atoms with Gasteiger partial charge in [0.1, 0.15) is 0 Å². The van der Waals surface area contributed by atoms with Crippen molar-refractivity contribution in [3.8, 4) is 0 Å². The fraction of sp³-hybridized carbons (Fsp3) is 0.733. The van der Waals surface area contributed by atoms with Gasteiger partial charge in [-0.15, -0.1) is 11.3 Å². The number of halogens is 1. The van der Waals surface area contributed by atoms with E-state index in [0.717, 1.165) is 31.0 Å². The first kappa shape index (κ1) is 15.5. The van der Waals surface area contributed by atoms with Gasteiger partial charge in [-0.25, -0.2) is 0 Å². The lowest BCUT2D eigenvalue weighted by molar-refractivity contribution is 0.0784. The van der Waals surface area contributed by atoms with Crippen molar-refractivity contribution in [1.29, 1.82) is 0 Å². The van der Waals surface area contributed by atoms with E-state index in [1.54, 1.807) is 0 Å². The average molecular weight is 345 g/mol. The summed E-state index contributed by atoms with van der Waals surface area (Å²) in [5.74, 6) is 1.59. The third-order valence-electron chi connectivity index (χ3n) is 3.93. The molecule has 1 saturated carbocycles. The molecule has 1 aromatic heterocycles. The Balaban J connectivity index is 1.74. The molecule has 2 atom stereocenters. The van der Waals surface area contributed by atoms with Crippen molar-refractivity contribution in [1.82, 2.24) is 10.2 Å². The maximum absolute atomic E-state index is 3.61. The Hall–Kier alpha value is 0.1000. The van der Waals surface area contributed by atoms with Gasteiger partial charge in [0.15, 0.2) is 0 Å². The van der Waals surface area contributed by atoms with E-state index in [9.17, 15) is 0 Å². The molecular weight excluding hydrogens is 320 g/mol. The van der Waals surface area contributed by atoms with Crippen molar-refractivity contribution in [2.45, 2.75) is 39.3 Å². The number of hydrogen-bond donors (Lipinski definition) is 1. The zero-order valence-electron chi connectivity index (χ0n) is 12.2. The molecule has 0 aliphatic heterocycles. The average Bonchev–Trinajstić information content (AvgIpc) is 2.68. The molecule has 1 heterocycles. The number of rotatable bonds is 7. The third kappa shape index (κ3) is 4.55. The van der Waals surface area contributed by atoms with Gasteiger partial charge in [-0.3, -0.25) is 4.90 Å². The highest BCUT2D eigenvalue weighted by molar-refractivity contribution is 9.10. The van der Waals surface area contributed by atoms with Gasteiger partial charge in [-0.2, -0.15) is 0 Å². The van der Waals surface area contributed by atoms with E-state index < -0.39 is 0 Å². The molecule has 1 fully saturated rings. The van der Waals surface area contributed by atoms with Gasteiger partial charge in [0, 0.05) is 27.3 Å². The van der Waals surface area contributed by atoms with E-state index in [-0.39, 0.29) is 0 Å². The van der Waals surface area contributed by atoms with Crippen molar-refractivity contribution in [3.05, 3.63) is 20.8 Å². The van der Waals surface area contributed by atoms with Crippen molar-refractivity contribution < 1.29 is 0 Å². The monoisotopic (exact) mass is 344 g/mol. The van der Waals surface area contributed by atoms with Crippen molar-refractivity contribution in [2.75, 3.05) is 20.1 Å². The van der Waals surface area contributed by atoms with Crippen LogP contribution in [-0.4, -0.2) is 31.1 Å². The predicted molar refractivity (Wildman–Crippen MR) is 87.7 cm³/mol. The lowest BCUT2D eigenvalue weighted by Gasteiger charge is -2.43. The fourth-order valence-electron chi connectivity index (χ4n) is 2.73. The van der Waals surface area contributed by atoms with Crippen LogP contribution in [0.15, 0.2) is 15.9 Å². The van der Waals surface area contributed by atoms with E-state index in [1.165, 1.54) is 28.7 Å². The summed E-state index contributed by atoms with van der Waals surface area (Å²) >= 11 is 5.38. The minimum Gasteiger partial charge on any atom is -0.316 e. The summed E-state index contributed by atoms with van der Waals surface area (Å²) in [6.45, 7) is 7.95. The third-order valence-corrected chi connectivity index (χ3v) is 5.61. The van der Waals surface area contributed by atoms with E-state index in [0.29, 0.717) is 0 Å². The molecule has 4 heteroatoms. The van der Waals surface area contributed by atoms with E-state index >= 15 is 0 Å². The number of thiophene rings is 1. The maximum atomic E-state index is 3.61. The lowest BCUT2D eigenvalue weighted by Crippen LogP contribution is -2.48. The minimum atomic E-state index is 0.750. The zero-order valence-corrected chi connectivity index (χ0v) is 14.6. The molecular formula is C15H25BrN2S. The molecule has 2 rings (SSSR count). The summed E-state index contributed by atoms with van der Waals surface area (Å²) in [6.07, 6.45) is 2.74. The van der Waals surface area contributed by atoms with Gasteiger partial charge in [-0.05, 0) is 66.8 Å². The summed E-state index contributed by atoms with van der Waals surface area (Å²) in [5.41, 5.74) is 0. The van der Waals surface area contributed by atoms with E-state index in [4.69, 9.17) is 0 Å². The van der Waals surface area contributed by atoms with Gasteiger partial charge in [0.25, 0.3) is 0 Å². The summed E-state index contributed by atoms with van der Waals surface area (Å²) in [5, 5.41) is 5.78. The van der Waals surface area contributed by atoms with Crippen molar-refractivity contribution in [3.63, 3.8) is 0 Å². The van der Waals surface area contributed by atoms with Crippen LogP contribution in [0.25, 0.3) is 0 Å². The highest BCUT2D eigenvalue weighted by atomic mass is 79.9. The molecule has 2 unspecified atom stereocenters. The first-order valence-corrected chi connectivity index (χ1v) is 8.87. The fourth-order valence-corrected chi connectivity index (χ4v) is 4.24. The Kier molecular flexibility index (Phi) is 5.87. The maximum Gasteiger partial charge on any atom is 0.0328 e. The molecule has 0 saturated heterocycles. The van der Waals surface area contributed by atoms with Crippen LogP contribution in [0.4, 0.5) is 0 Å². The topological polar surface area (TPSA) is 15.3 Å². The molecule has 2 nitrogen and oxygen atoms in total. The summed E-state index contributed by atoms with van der Waals surface area (Å²) in [4.78, 5) is 3.99. The first-order valence-electron chi connectivity index (χ1n) is 7.20. The quantitative estimate of drug-likeness (QED) is 0.805. The zero-order chi connectivity index (χ0) is 13.8. The van der Waals surface area contributed by atoms with Crippen LogP contribution in [0.1, 0.15) is 31.6 Å². The number of nitrogens with one attached hydrogen (secondary N) is 1. The Morgan fingerprint density at radius 3 is 2.79 bits per heavy atom. The Morgan fingerprint density at radius 1 is 1.47 bits per heavy atom. The smallest absolute Gasteiger partial charge is 0.0328 e. The van der Waals surface area contributed by atoms with Crippen LogP contribution >= 0.6 is 27.3 Å². The van der Waals surface area contributed by atoms with Crippen LogP contribution in [0.2, 0.25) is 0 Å². The van der Waals surface area contributed by atoms with Gasteiger partial charge in [0.05, 0.1) is 0 Å². The second-order valence-electron chi connectivity index (χ2n) is 6.10. The Bertz CT molecular complexity index is 391. The molecule has 19 heavy (non-hydrogen) atoms. The summed E-state index contributed by atoms with van der Waals surface area (Å²) < 4.78 is 1.21. The Labute approximate surface area is 129 Å². The van der Waals surface area contributed by atoms with Gasteiger partial charge in [0.2, 0.25) is 0 Å². The summed E-state index contributed by atoms with van der Waals surface area (Å²) in [7, 11) is 2.27. The van der Waals surface area contributed by atoms with Crippen molar-refractivity contribution in [2.24, 2.45) is 11.8 Å². The standard InChI is InChI=1S/C15H25BrN2S/c1-11(2)7-17-8-12-4-5-15(12)18(3)9-14-6-13(16)10-19-14/h6,10-12,15,17H,4-5,7-9H2,1-3H3. The van der Waals surface area contributed by atoms with Gasteiger partial charge < -0.3 is 5.32 Å². The number of hydrogen-bond acceptors (Lipinski definition) is 3. The molecule has 0 amide bonds. The highest BCUT2D eigenvalue weighted by Gasteiger charge is 2.33. The summed E-state index contributed by atoms with van der Waals surface area (Å²) in [6, 6.07) is 3.01. The van der Waals surface area contributed by atoms with E-state index in [2.05, 4.69) is 58.5 Å². The van der Waals surface area contributed by atoms with Crippen LogP contribution in [0, 0.1) is 11.8 Å². The van der Waals surface area contributed by atoms with E-state index in [1.807, 2.05) is 11.3 Å². The molecule has 0 spiro atoms. The lowest BCUT2D eigenvalue weighted by atomic mass is 9.78. The Morgan fingerprint density at radius 2 is 2.26 bits per heavy atom. The molecule has 0 radical (unpaired) electrons. The van der Waals surface area contributed by atoms with Gasteiger partial charge >= 0.3 is 0 Å².